The Morgan fingerprint density at radius 2 is 1.90 bits per heavy atom. The zero-order valence-corrected chi connectivity index (χ0v) is 12.2. The molecule has 1 atom stereocenters. The van der Waals surface area contributed by atoms with Gasteiger partial charge in [0.05, 0.1) is 0 Å². The van der Waals surface area contributed by atoms with Gasteiger partial charge in [0.1, 0.15) is 0 Å². The van der Waals surface area contributed by atoms with Crippen LogP contribution >= 0.6 is 0 Å². The first-order valence-electron chi connectivity index (χ1n) is 7.11. The van der Waals surface area contributed by atoms with Crippen LogP contribution in [0.5, 0.6) is 0 Å². The number of rotatable bonds is 8. The lowest BCUT2D eigenvalue weighted by Gasteiger charge is -2.10. The third-order valence-corrected chi connectivity index (χ3v) is 3.18. The molecule has 110 valence electrons. The van der Waals surface area contributed by atoms with Gasteiger partial charge in [-0.15, -0.1) is 0 Å². The van der Waals surface area contributed by atoms with Gasteiger partial charge in [-0.1, -0.05) is 38.8 Å². The molecule has 2 N–H and O–H groups in total. The third-order valence-electron chi connectivity index (χ3n) is 3.18. The van der Waals surface area contributed by atoms with Gasteiger partial charge in [-0.3, -0.25) is 9.59 Å². The maximum atomic E-state index is 11.8. The minimum atomic E-state index is -0.799. The highest BCUT2D eigenvalue weighted by Crippen LogP contribution is 2.14. The molecule has 1 unspecified atom stereocenters. The smallest absolute Gasteiger partial charge is 0.303 e. The lowest BCUT2D eigenvalue weighted by Crippen LogP contribution is -2.15. The summed E-state index contributed by atoms with van der Waals surface area (Å²) >= 11 is 0. The molecule has 0 aromatic heterocycles. The Morgan fingerprint density at radius 3 is 2.45 bits per heavy atom. The summed E-state index contributed by atoms with van der Waals surface area (Å²) in [6.07, 6.45) is 3.32. The largest absolute Gasteiger partial charge is 0.481 e. The van der Waals surface area contributed by atoms with Crippen LogP contribution in [0.15, 0.2) is 24.3 Å². The van der Waals surface area contributed by atoms with E-state index in [2.05, 4.69) is 19.2 Å². The van der Waals surface area contributed by atoms with E-state index in [0.717, 1.165) is 24.1 Å². The fraction of sp³-hybridized carbons (Fsp3) is 0.500. The van der Waals surface area contributed by atoms with E-state index in [1.807, 2.05) is 24.3 Å². The molecule has 0 saturated carbocycles. The molecular formula is C16H23NO3. The number of carbonyl (C=O) groups excluding carboxylic acids is 1. The first kappa shape index (κ1) is 16.2. The Labute approximate surface area is 120 Å². The lowest BCUT2D eigenvalue weighted by atomic mass is 10.0. The normalized spacial score (nSPS) is 11.9. The van der Waals surface area contributed by atoms with E-state index in [0.29, 0.717) is 18.8 Å². The number of anilines is 1. The zero-order chi connectivity index (χ0) is 15.0. The van der Waals surface area contributed by atoms with E-state index in [1.54, 1.807) is 0 Å². The summed E-state index contributed by atoms with van der Waals surface area (Å²) in [5.74, 6) is -0.369. The van der Waals surface area contributed by atoms with Crippen molar-refractivity contribution in [3.63, 3.8) is 0 Å². The molecule has 1 aromatic rings. The molecule has 0 aliphatic rings. The molecule has 20 heavy (non-hydrogen) atoms. The van der Waals surface area contributed by atoms with Gasteiger partial charge in [0, 0.05) is 18.5 Å². The number of amides is 1. The average Bonchev–Trinajstić information content (AvgIpc) is 2.37. The van der Waals surface area contributed by atoms with E-state index in [-0.39, 0.29) is 12.3 Å². The predicted molar refractivity (Wildman–Crippen MR) is 79.7 cm³/mol. The van der Waals surface area contributed by atoms with Crippen LogP contribution < -0.4 is 5.32 Å². The Morgan fingerprint density at radius 1 is 1.25 bits per heavy atom. The molecule has 4 nitrogen and oxygen atoms in total. The SMILES string of the molecule is CCCC(C)CC(=O)Nc1ccc(CCC(=O)O)cc1. The van der Waals surface area contributed by atoms with Crippen molar-refractivity contribution in [1.29, 1.82) is 0 Å². The van der Waals surface area contributed by atoms with Gasteiger partial charge in [-0.05, 0) is 30.0 Å². The van der Waals surface area contributed by atoms with Gasteiger partial charge in [0.2, 0.25) is 5.91 Å². The molecular weight excluding hydrogens is 254 g/mol. The second kappa shape index (κ2) is 8.35. The highest BCUT2D eigenvalue weighted by atomic mass is 16.4. The van der Waals surface area contributed by atoms with Crippen molar-refractivity contribution in [3.8, 4) is 0 Å². The summed E-state index contributed by atoms with van der Waals surface area (Å²) in [7, 11) is 0. The lowest BCUT2D eigenvalue weighted by molar-refractivity contribution is -0.137. The molecule has 0 saturated heterocycles. The molecule has 4 heteroatoms. The van der Waals surface area contributed by atoms with Crippen molar-refractivity contribution in [2.45, 2.75) is 46.0 Å². The molecule has 0 radical (unpaired) electrons. The predicted octanol–water partition coefficient (Wildman–Crippen LogP) is 3.47. The minimum absolute atomic E-state index is 0.0317. The van der Waals surface area contributed by atoms with Crippen molar-refractivity contribution < 1.29 is 14.7 Å². The van der Waals surface area contributed by atoms with Crippen LogP contribution in [0.4, 0.5) is 5.69 Å². The van der Waals surface area contributed by atoms with Gasteiger partial charge in [0.25, 0.3) is 0 Å². The Hall–Kier alpha value is -1.84. The van der Waals surface area contributed by atoms with Crippen molar-refractivity contribution in [1.82, 2.24) is 0 Å². The maximum absolute atomic E-state index is 11.8. The van der Waals surface area contributed by atoms with Crippen LogP contribution in [0.25, 0.3) is 0 Å². The number of carbonyl (C=O) groups is 2. The molecule has 0 fully saturated rings. The van der Waals surface area contributed by atoms with E-state index in [4.69, 9.17) is 5.11 Å². The third kappa shape index (κ3) is 6.36. The summed E-state index contributed by atoms with van der Waals surface area (Å²) < 4.78 is 0. The number of aryl methyl sites for hydroxylation is 1. The molecule has 1 amide bonds. The molecule has 0 bridgehead atoms. The number of benzene rings is 1. The van der Waals surface area contributed by atoms with Crippen LogP contribution in [-0.4, -0.2) is 17.0 Å². The Balaban J connectivity index is 2.44. The topological polar surface area (TPSA) is 66.4 Å². The Kier molecular flexibility index (Phi) is 6.77. The van der Waals surface area contributed by atoms with E-state index >= 15 is 0 Å². The number of hydrogen-bond donors (Lipinski definition) is 2. The summed E-state index contributed by atoms with van der Waals surface area (Å²) in [5, 5.41) is 11.5. The summed E-state index contributed by atoms with van der Waals surface area (Å²) in [6, 6.07) is 7.35. The second-order valence-electron chi connectivity index (χ2n) is 5.24. The van der Waals surface area contributed by atoms with Crippen LogP contribution in [-0.2, 0) is 16.0 Å². The number of carboxylic acids is 1. The van der Waals surface area contributed by atoms with Crippen LogP contribution in [0.1, 0.15) is 45.1 Å². The van der Waals surface area contributed by atoms with E-state index in [9.17, 15) is 9.59 Å². The number of nitrogens with one attached hydrogen (secondary N) is 1. The van der Waals surface area contributed by atoms with Crippen LogP contribution in [0.3, 0.4) is 0 Å². The fourth-order valence-corrected chi connectivity index (χ4v) is 2.13. The van der Waals surface area contributed by atoms with Crippen LogP contribution in [0.2, 0.25) is 0 Å². The van der Waals surface area contributed by atoms with Gasteiger partial charge in [-0.2, -0.15) is 0 Å². The monoisotopic (exact) mass is 277 g/mol. The average molecular weight is 277 g/mol. The van der Waals surface area contributed by atoms with Crippen molar-refractivity contribution >= 4 is 17.6 Å². The highest BCUT2D eigenvalue weighted by molar-refractivity contribution is 5.90. The summed E-state index contributed by atoms with van der Waals surface area (Å²) in [5.41, 5.74) is 1.72. The molecule has 0 aliphatic carbocycles. The van der Waals surface area contributed by atoms with Crippen molar-refractivity contribution in [2.75, 3.05) is 5.32 Å². The number of carboxylic acid groups (broad SMARTS) is 1. The maximum Gasteiger partial charge on any atom is 0.303 e. The highest BCUT2D eigenvalue weighted by Gasteiger charge is 2.08. The molecule has 0 aliphatic heterocycles. The minimum Gasteiger partial charge on any atom is -0.481 e. The van der Waals surface area contributed by atoms with Crippen molar-refractivity contribution in [3.05, 3.63) is 29.8 Å². The quantitative estimate of drug-likeness (QED) is 0.764. The second-order valence-corrected chi connectivity index (χ2v) is 5.24. The summed E-state index contributed by atoms with van der Waals surface area (Å²) in [4.78, 5) is 22.3. The molecule has 0 spiro atoms. The van der Waals surface area contributed by atoms with Crippen molar-refractivity contribution in [2.24, 2.45) is 5.92 Å². The first-order valence-corrected chi connectivity index (χ1v) is 7.11. The zero-order valence-electron chi connectivity index (χ0n) is 12.2. The van der Waals surface area contributed by atoms with Gasteiger partial charge < -0.3 is 10.4 Å². The standard InChI is InChI=1S/C16H23NO3/c1-3-4-12(2)11-15(18)17-14-8-5-13(6-9-14)7-10-16(19)20/h5-6,8-9,12H,3-4,7,10-11H2,1-2H3,(H,17,18)(H,19,20). The molecule has 0 heterocycles. The number of aliphatic carboxylic acids is 1. The van der Waals surface area contributed by atoms with Crippen LogP contribution in [0, 0.1) is 5.92 Å². The molecule has 1 aromatic carbocycles. The Bertz CT molecular complexity index is 440. The molecule has 1 rings (SSSR count). The van der Waals surface area contributed by atoms with E-state index < -0.39 is 5.97 Å². The fourth-order valence-electron chi connectivity index (χ4n) is 2.13. The number of hydrogen-bond acceptors (Lipinski definition) is 2. The van der Waals surface area contributed by atoms with E-state index in [1.165, 1.54) is 0 Å². The van der Waals surface area contributed by atoms with Gasteiger partial charge in [-0.25, -0.2) is 0 Å². The van der Waals surface area contributed by atoms with Gasteiger partial charge >= 0.3 is 5.97 Å². The first-order chi connectivity index (χ1) is 9.51. The van der Waals surface area contributed by atoms with Gasteiger partial charge in [0.15, 0.2) is 0 Å². The summed E-state index contributed by atoms with van der Waals surface area (Å²) in [6.45, 7) is 4.20.